The third-order valence-electron chi connectivity index (χ3n) is 2.36. The maximum Gasteiger partial charge on any atom is 0.339 e. The first-order chi connectivity index (χ1) is 9.22. The molecular weight excluding hydrogens is 246 g/mol. The van der Waals surface area contributed by atoms with Crippen molar-refractivity contribution in [3.63, 3.8) is 0 Å². The van der Waals surface area contributed by atoms with Gasteiger partial charge in [-0.1, -0.05) is 12.1 Å². The lowest BCUT2D eigenvalue weighted by Gasteiger charge is -2.11. The van der Waals surface area contributed by atoms with Gasteiger partial charge in [-0.05, 0) is 31.2 Å². The zero-order valence-electron chi connectivity index (χ0n) is 10.4. The summed E-state index contributed by atoms with van der Waals surface area (Å²) in [6, 6.07) is 9.83. The summed E-state index contributed by atoms with van der Waals surface area (Å²) in [5.74, 6) is -0.0950. The molecule has 1 aromatic heterocycles. The molecular formula is C14H13NO4. The van der Waals surface area contributed by atoms with Gasteiger partial charge in [0.1, 0.15) is 11.3 Å². The van der Waals surface area contributed by atoms with Gasteiger partial charge in [0.15, 0.2) is 5.75 Å². The van der Waals surface area contributed by atoms with Crippen molar-refractivity contribution in [3.05, 3.63) is 48.2 Å². The lowest BCUT2D eigenvalue weighted by molar-refractivity contribution is 0.0694. The van der Waals surface area contributed by atoms with Crippen molar-refractivity contribution in [1.29, 1.82) is 0 Å². The fourth-order valence-corrected chi connectivity index (χ4v) is 1.55. The van der Waals surface area contributed by atoms with E-state index < -0.39 is 5.97 Å². The van der Waals surface area contributed by atoms with E-state index in [9.17, 15) is 4.79 Å². The molecule has 0 atom stereocenters. The van der Waals surface area contributed by atoms with Crippen molar-refractivity contribution in [2.24, 2.45) is 0 Å². The summed E-state index contributed by atoms with van der Waals surface area (Å²) in [5, 5.41) is 9.08. The predicted octanol–water partition coefficient (Wildman–Crippen LogP) is 2.97. The van der Waals surface area contributed by atoms with Crippen LogP contribution >= 0.6 is 0 Å². The summed E-state index contributed by atoms with van der Waals surface area (Å²) in [6.07, 6.45) is 1.56. The number of para-hydroxylation sites is 1. The topological polar surface area (TPSA) is 68.7 Å². The van der Waals surface area contributed by atoms with E-state index in [0.717, 1.165) is 0 Å². The van der Waals surface area contributed by atoms with Crippen LogP contribution in [-0.4, -0.2) is 22.7 Å². The molecule has 0 saturated heterocycles. The van der Waals surface area contributed by atoms with Gasteiger partial charge in [0, 0.05) is 6.20 Å². The molecule has 19 heavy (non-hydrogen) atoms. The molecule has 1 aromatic carbocycles. The molecule has 2 rings (SSSR count). The number of hydrogen-bond acceptors (Lipinski definition) is 4. The molecule has 98 valence electrons. The number of carbonyl (C=O) groups is 1. The summed E-state index contributed by atoms with van der Waals surface area (Å²) in [7, 11) is 0. The van der Waals surface area contributed by atoms with Gasteiger partial charge in [-0.25, -0.2) is 9.78 Å². The predicted molar refractivity (Wildman–Crippen MR) is 68.9 cm³/mol. The highest BCUT2D eigenvalue weighted by Crippen LogP contribution is 2.30. The first-order valence-corrected chi connectivity index (χ1v) is 5.80. The largest absolute Gasteiger partial charge is 0.488 e. The van der Waals surface area contributed by atoms with Crippen LogP contribution in [0, 0.1) is 0 Å². The maximum atomic E-state index is 11.1. The first-order valence-electron chi connectivity index (χ1n) is 5.80. The molecule has 0 spiro atoms. The van der Waals surface area contributed by atoms with Crippen LogP contribution in [0.3, 0.4) is 0 Å². The molecule has 2 aromatic rings. The van der Waals surface area contributed by atoms with E-state index in [2.05, 4.69) is 4.98 Å². The molecule has 0 aliphatic carbocycles. The van der Waals surface area contributed by atoms with Crippen LogP contribution in [-0.2, 0) is 0 Å². The van der Waals surface area contributed by atoms with Crippen LogP contribution in [0.2, 0.25) is 0 Å². The van der Waals surface area contributed by atoms with Crippen LogP contribution in [0.15, 0.2) is 42.6 Å². The summed E-state index contributed by atoms with van der Waals surface area (Å²) in [5.41, 5.74) is 0.0793. The van der Waals surface area contributed by atoms with E-state index >= 15 is 0 Å². The first kappa shape index (κ1) is 12.9. The number of carboxylic acids is 1. The minimum Gasteiger partial charge on any atom is -0.488 e. The Bertz CT molecular complexity index is 583. The molecule has 0 aliphatic rings. The second-order valence-corrected chi connectivity index (χ2v) is 3.64. The molecule has 0 radical (unpaired) electrons. The van der Waals surface area contributed by atoms with E-state index in [0.29, 0.717) is 12.4 Å². The zero-order chi connectivity index (χ0) is 13.7. The summed E-state index contributed by atoms with van der Waals surface area (Å²) >= 11 is 0. The Morgan fingerprint density at radius 2 is 1.95 bits per heavy atom. The molecule has 0 saturated carbocycles. The highest BCUT2D eigenvalue weighted by molar-refractivity contribution is 5.90. The van der Waals surface area contributed by atoms with Crippen molar-refractivity contribution >= 4 is 5.97 Å². The molecule has 5 nitrogen and oxygen atoms in total. The van der Waals surface area contributed by atoms with Gasteiger partial charge < -0.3 is 14.6 Å². The van der Waals surface area contributed by atoms with Crippen LogP contribution < -0.4 is 9.47 Å². The quantitative estimate of drug-likeness (QED) is 0.893. The number of nitrogens with zero attached hydrogens (tertiary/aromatic N) is 1. The molecule has 1 heterocycles. The third-order valence-corrected chi connectivity index (χ3v) is 2.36. The summed E-state index contributed by atoms with van der Waals surface area (Å²) in [6.45, 7) is 2.32. The lowest BCUT2D eigenvalue weighted by atomic mass is 10.2. The highest BCUT2D eigenvalue weighted by Gasteiger charge is 2.13. The molecule has 0 aliphatic heterocycles. The number of ether oxygens (including phenoxy) is 2. The maximum absolute atomic E-state index is 11.1. The molecule has 5 heteroatoms. The second-order valence-electron chi connectivity index (χ2n) is 3.64. The van der Waals surface area contributed by atoms with Crippen molar-refractivity contribution in [3.8, 4) is 17.4 Å². The minimum absolute atomic E-state index is 0.0793. The molecule has 0 fully saturated rings. The molecule has 0 amide bonds. The number of hydrogen-bond donors (Lipinski definition) is 1. The van der Waals surface area contributed by atoms with Crippen molar-refractivity contribution in [2.75, 3.05) is 6.61 Å². The average Bonchev–Trinajstić information content (AvgIpc) is 2.42. The van der Waals surface area contributed by atoms with Gasteiger partial charge in [0.25, 0.3) is 5.88 Å². The summed E-state index contributed by atoms with van der Waals surface area (Å²) < 4.78 is 10.9. The Hall–Kier alpha value is -2.56. The lowest BCUT2D eigenvalue weighted by Crippen LogP contribution is -2.01. The Morgan fingerprint density at radius 3 is 2.68 bits per heavy atom. The van der Waals surface area contributed by atoms with Crippen molar-refractivity contribution in [1.82, 2.24) is 4.98 Å². The number of carboxylic acid groups (broad SMARTS) is 1. The van der Waals surface area contributed by atoms with E-state index in [1.54, 1.807) is 36.5 Å². The van der Waals surface area contributed by atoms with Gasteiger partial charge in [-0.3, -0.25) is 0 Å². The monoisotopic (exact) mass is 259 g/mol. The molecule has 1 N–H and O–H groups in total. The molecule has 0 bridgehead atoms. The number of benzene rings is 1. The fraction of sp³-hybridized carbons (Fsp3) is 0.143. The molecule has 0 unspecified atom stereocenters. The van der Waals surface area contributed by atoms with Crippen LogP contribution in [0.4, 0.5) is 0 Å². The zero-order valence-corrected chi connectivity index (χ0v) is 10.4. The Labute approximate surface area is 110 Å². The fourth-order valence-electron chi connectivity index (χ4n) is 1.55. The van der Waals surface area contributed by atoms with E-state index in [4.69, 9.17) is 14.6 Å². The van der Waals surface area contributed by atoms with Gasteiger partial charge in [-0.2, -0.15) is 0 Å². The number of aromatic nitrogens is 1. The normalized spacial score (nSPS) is 9.95. The van der Waals surface area contributed by atoms with Crippen LogP contribution in [0.5, 0.6) is 17.4 Å². The average molecular weight is 259 g/mol. The Morgan fingerprint density at radius 1 is 1.21 bits per heavy atom. The van der Waals surface area contributed by atoms with Crippen molar-refractivity contribution in [2.45, 2.75) is 6.92 Å². The minimum atomic E-state index is -1.05. The van der Waals surface area contributed by atoms with E-state index in [-0.39, 0.29) is 17.2 Å². The Kier molecular flexibility index (Phi) is 3.97. The number of rotatable bonds is 5. The second kappa shape index (κ2) is 5.86. The number of aromatic carboxylic acids is 1. The Balaban J connectivity index is 2.34. The van der Waals surface area contributed by atoms with E-state index in [1.165, 1.54) is 6.07 Å². The van der Waals surface area contributed by atoms with Crippen LogP contribution in [0.25, 0.3) is 0 Å². The standard InChI is InChI=1S/C14H13NO4/c1-2-18-12-8-5-9-15-13(12)19-11-7-4-3-6-10(11)14(16)17/h3-9H,2H2,1H3,(H,16,17). The van der Waals surface area contributed by atoms with Crippen molar-refractivity contribution < 1.29 is 19.4 Å². The van der Waals surface area contributed by atoms with Gasteiger partial charge >= 0.3 is 5.97 Å². The summed E-state index contributed by atoms with van der Waals surface area (Å²) in [4.78, 5) is 15.1. The number of pyridine rings is 1. The highest BCUT2D eigenvalue weighted by atomic mass is 16.5. The third kappa shape index (κ3) is 3.01. The van der Waals surface area contributed by atoms with E-state index in [1.807, 2.05) is 6.92 Å². The van der Waals surface area contributed by atoms with Gasteiger partial charge in [0.05, 0.1) is 6.61 Å². The van der Waals surface area contributed by atoms with Gasteiger partial charge in [0.2, 0.25) is 0 Å². The smallest absolute Gasteiger partial charge is 0.339 e. The van der Waals surface area contributed by atoms with Gasteiger partial charge in [-0.15, -0.1) is 0 Å². The van der Waals surface area contributed by atoms with Crippen LogP contribution in [0.1, 0.15) is 17.3 Å². The SMILES string of the molecule is CCOc1cccnc1Oc1ccccc1C(=O)O.